The first-order chi connectivity index (χ1) is 15.5. The van der Waals surface area contributed by atoms with Crippen LogP contribution >= 0.6 is 0 Å². The molecule has 0 unspecified atom stereocenters. The molecule has 7 nitrogen and oxygen atoms in total. The van der Waals surface area contributed by atoms with Gasteiger partial charge in [0.05, 0.1) is 19.2 Å². The van der Waals surface area contributed by atoms with Crippen LogP contribution in [0.5, 0.6) is 0 Å². The Bertz CT molecular complexity index is 1130. The summed E-state index contributed by atoms with van der Waals surface area (Å²) in [6, 6.07) is 12.8. The number of ether oxygens (including phenoxy) is 1. The van der Waals surface area contributed by atoms with Gasteiger partial charge in [0.1, 0.15) is 5.82 Å². The molecule has 9 heteroatoms. The Morgan fingerprint density at radius 2 is 1.88 bits per heavy atom. The number of amides is 1. The molecule has 1 aliphatic rings. The second kappa shape index (κ2) is 9.25. The van der Waals surface area contributed by atoms with E-state index in [1.807, 2.05) is 30.3 Å². The Hall–Kier alpha value is -3.62. The van der Waals surface area contributed by atoms with Crippen molar-refractivity contribution >= 4 is 11.9 Å². The summed E-state index contributed by atoms with van der Waals surface area (Å²) in [4.78, 5) is 30.8. The summed E-state index contributed by atoms with van der Waals surface area (Å²) in [5.41, 5.74) is 1.18. The fourth-order valence-corrected chi connectivity index (χ4v) is 3.36. The van der Waals surface area contributed by atoms with Gasteiger partial charge >= 0.3 is 5.97 Å². The highest BCUT2D eigenvalue weighted by molar-refractivity contribution is 5.90. The number of nitrogens with zero attached hydrogens (tertiary/aromatic N) is 4. The smallest absolute Gasteiger partial charge is 0.307 e. The molecule has 4 rings (SSSR count). The second-order valence-corrected chi connectivity index (χ2v) is 7.62. The fraction of sp³-hybridized carbons (Fsp3) is 0.304. The average molecular weight is 440 g/mol. The number of rotatable bonds is 8. The predicted molar refractivity (Wildman–Crippen MR) is 111 cm³/mol. The molecule has 1 fully saturated rings. The lowest BCUT2D eigenvalue weighted by atomic mass is 10.2. The van der Waals surface area contributed by atoms with Crippen molar-refractivity contribution in [2.75, 3.05) is 13.7 Å². The molecule has 3 aromatic rings. The maximum Gasteiger partial charge on any atom is 0.307 e. The van der Waals surface area contributed by atoms with Gasteiger partial charge in [0.2, 0.25) is 5.82 Å². The largest absolute Gasteiger partial charge is 0.469 e. The van der Waals surface area contributed by atoms with Gasteiger partial charge in [-0.3, -0.25) is 9.59 Å². The van der Waals surface area contributed by atoms with Crippen molar-refractivity contribution in [2.24, 2.45) is 0 Å². The Morgan fingerprint density at radius 3 is 2.53 bits per heavy atom. The molecule has 0 spiro atoms. The first kappa shape index (κ1) is 21.6. The van der Waals surface area contributed by atoms with E-state index in [4.69, 9.17) is 0 Å². The van der Waals surface area contributed by atoms with Crippen LogP contribution in [-0.4, -0.2) is 45.2 Å². The van der Waals surface area contributed by atoms with E-state index in [1.54, 1.807) is 4.68 Å². The summed E-state index contributed by atoms with van der Waals surface area (Å²) in [7, 11) is 1.26. The molecule has 1 saturated carbocycles. The molecule has 0 N–H and O–H groups in total. The van der Waals surface area contributed by atoms with E-state index in [0.717, 1.165) is 30.7 Å². The van der Waals surface area contributed by atoms with Crippen molar-refractivity contribution in [3.05, 3.63) is 77.4 Å². The van der Waals surface area contributed by atoms with Gasteiger partial charge in [-0.25, -0.2) is 18.4 Å². The van der Waals surface area contributed by atoms with Crippen LogP contribution in [0.25, 0.3) is 5.69 Å². The van der Waals surface area contributed by atoms with Crippen molar-refractivity contribution in [1.29, 1.82) is 0 Å². The molecule has 0 bridgehead atoms. The first-order valence-electron chi connectivity index (χ1n) is 10.3. The molecular weight excluding hydrogens is 418 g/mol. The number of esters is 1. The van der Waals surface area contributed by atoms with Gasteiger partial charge in [-0.05, 0) is 42.7 Å². The number of carbonyl (C=O) groups excluding carboxylic acids is 2. The van der Waals surface area contributed by atoms with Crippen LogP contribution in [0.3, 0.4) is 0 Å². The lowest BCUT2D eigenvalue weighted by Crippen LogP contribution is -2.33. The third kappa shape index (κ3) is 4.82. The molecule has 32 heavy (non-hydrogen) atoms. The predicted octanol–water partition coefficient (Wildman–Crippen LogP) is 3.63. The number of para-hydroxylation sites is 1. The summed E-state index contributed by atoms with van der Waals surface area (Å²) >= 11 is 0. The highest BCUT2D eigenvalue weighted by Crippen LogP contribution is 2.39. The first-order valence-corrected chi connectivity index (χ1v) is 10.3. The molecule has 0 aliphatic heterocycles. The summed E-state index contributed by atoms with van der Waals surface area (Å²) < 4.78 is 33.3. The molecule has 0 atom stereocenters. The van der Waals surface area contributed by atoms with Crippen LogP contribution < -0.4 is 0 Å². The molecule has 0 radical (unpaired) electrons. The number of hydrogen-bond acceptors (Lipinski definition) is 5. The number of carbonyl (C=O) groups is 2. The Balaban J connectivity index is 1.63. The van der Waals surface area contributed by atoms with E-state index in [2.05, 4.69) is 14.8 Å². The van der Waals surface area contributed by atoms with Crippen LogP contribution in [0.1, 0.15) is 47.2 Å². The van der Waals surface area contributed by atoms with Crippen LogP contribution in [0.4, 0.5) is 8.78 Å². The maximum absolute atomic E-state index is 13.7. The molecular formula is C23H22F2N4O3. The SMILES string of the molecule is COC(=O)CCN(Cc1ccc(F)c(F)c1)C(=O)c1nc(C2CC2)n(-c2ccccc2)n1. The molecule has 1 aromatic heterocycles. The van der Waals surface area contributed by atoms with E-state index in [1.165, 1.54) is 18.1 Å². The minimum atomic E-state index is -1.01. The second-order valence-electron chi connectivity index (χ2n) is 7.62. The quantitative estimate of drug-likeness (QED) is 0.500. The van der Waals surface area contributed by atoms with Crippen molar-refractivity contribution < 1.29 is 23.1 Å². The van der Waals surface area contributed by atoms with Crippen molar-refractivity contribution in [1.82, 2.24) is 19.7 Å². The van der Waals surface area contributed by atoms with Gasteiger partial charge in [-0.1, -0.05) is 24.3 Å². The molecule has 1 aliphatic carbocycles. The highest BCUT2D eigenvalue weighted by atomic mass is 19.2. The summed E-state index contributed by atoms with van der Waals surface area (Å²) in [6.07, 6.45) is 1.89. The van der Waals surface area contributed by atoms with E-state index < -0.39 is 23.5 Å². The van der Waals surface area contributed by atoms with E-state index in [-0.39, 0.29) is 31.3 Å². The third-order valence-corrected chi connectivity index (χ3v) is 5.22. The highest BCUT2D eigenvalue weighted by Gasteiger charge is 2.32. The Morgan fingerprint density at radius 1 is 1.12 bits per heavy atom. The topological polar surface area (TPSA) is 77.3 Å². The molecule has 1 heterocycles. The Kier molecular flexibility index (Phi) is 6.25. The molecule has 166 valence electrons. The van der Waals surface area contributed by atoms with Gasteiger partial charge in [0.25, 0.3) is 5.91 Å². The maximum atomic E-state index is 13.7. The Labute approximate surface area is 183 Å². The summed E-state index contributed by atoms with van der Waals surface area (Å²) in [5.74, 6) is -2.05. The molecule has 1 amide bonds. The molecule has 2 aromatic carbocycles. The van der Waals surface area contributed by atoms with Gasteiger partial charge < -0.3 is 9.64 Å². The van der Waals surface area contributed by atoms with Crippen molar-refractivity contribution in [3.63, 3.8) is 0 Å². The van der Waals surface area contributed by atoms with Crippen LogP contribution in [-0.2, 0) is 16.1 Å². The van der Waals surface area contributed by atoms with Crippen molar-refractivity contribution in [2.45, 2.75) is 31.7 Å². The zero-order valence-electron chi connectivity index (χ0n) is 17.5. The summed E-state index contributed by atoms with van der Waals surface area (Å²) in [5, 5.41) is 4.45. The fourth-order valence-electron chi connectivity index (χ4n) is 3.36. The van der Waals surface area contributed by atoms with Gasteiger partial charge in [-0.15, -0.1) is 5.10 Å². The molecule has 0 saturated heterocycles. The van der Waals surface area contributed by atoms with E-state index in [9.17, 15) is 18.4 Å². The lowest BCUT2D eigenvalue weighted by Gasteiger charge is -2.21. The van der Waals surface area contributed by atoms with Gasteiger partial charge in [0.15, 0.2) is 11.6 Å². The zero-order valence-corrected chi connectivity index (χ0v) is 17.5. The van der Waals surface area contributed by atoms with E-state index >= 15 is 0 Å². The zero-order chi connectivity index (χ0) is 22.7. The number of halogens is 2. The normalized spacial score (nSPS) is 13.1. The van der Waals surface area contributed by atoms with Crippen LogP contribution in [0, 0.1) is 11.6 Å². The minimum absolute atomic E-state index is 0.0109. The van der Waals surface area contributed by atoms with Gasteiger partial charge in [-0.2, -0.15) is 0 Å². The lowest BCUT2D eigenvalue weighted by molar-refractivity contribution is -0.140. The summed E-state index contributed by atoms with van der Waals surface area (Å²) in [6.45, 7) is -0.0190. The minimum Gasteiger partial charge on any atom is -0.469 e. The van der Waals surface area contributed by atoms with Crippen molar-refractivity contribution in [3.8, 4) is 5.69 Å². The van der Waals surface area contributed by atoms with Crippen LogP contribution in [0.15, 0.2) is 48.5 Å². The average Bonchev–Trinajstić information content (AvgIpc) is 3.56. The van der Waals surface area contributed by atoms with Crippen LogP contribution in [0.2, 0.25) is 0 Å². The van der Waals surface area contributed by atoms with Gasteiger partial charge in [0, 0.05) is 19.0 Å². The monoisotopic (exact) mass is 440 g/mol. The number of methoxy groups -OCH3 is 1. The number of hydrogen-bond donors (Lipinski definition) is 0. The standard InChI is InChI=1S/C23H22F2N4O3/c1-32-20(30)11-12-28(14-15-7-10-18(24)19(25)13-15)23(31)21-26-22(16-8-9-16)29(27-21)17-5-3-2-4-6-17/h2-7,10,13,16H,8-9,11-12,14H2,1H3. The number of aromatic nitrogens is 3. The number of benzene rings is 2. The van der Waals surface area contributed by atoms with E-state index in [0.29, 0.717) is 11.4 Å². The third-order valence-electron chi connectivity index (χ3n) is 5.22.